The van der Waals surface area contributed by atoms with E-state index in [9.17, 15) is 9.59 Å². The van der Waals surface area contributed by atoms with Gasteiger partial charge in [0.25, 0.3) is 0 Å². The molecule has 0 aliphatic carbocycles. The van der Waals surface area contributed by atoms with Gasteiger partial charge < -0.3 is 4.74 Å². The number of ether oxygens (including phenoxy) is 1. The number of carbonyl (C=O) groups is 2. The Balaban J connectivity index is 2.14. The van der Waals surface area contributed by atoms with E-state index in [1.54, 1.807) is 18.2 Å². The average molecular weight is 318 g/mol. The van der Waals surface area contributed by atoms with Gasteiger partial charge in [-0.3, -0.25) is 4.79 Å². The Hall–Kier alpha value is -2.94. The SMILES string of the molecule is COC(=O)c1cc(C)c(C)cc1C(=O)c1ccc2ccccc2c1. The molecule has 0 saturated carbocycles. The van der Waals surface area contributed by atoms with Crippen LogP contribution in [0.1, 0.15) is 37.4 Å². The first-order valence-electron chi connectivity index (χ1n) is 7.74. The number of hydrogen-bond donors (Lipinski definition) is 0. The summed E-state index contributed by atoms with van der Waals surface area (Å²) in [5.74, 6) is -0.675. The second-order valence-electron chi connectivity index (χ2n) is 5.86. The van der Waals surface area contributed by atoms with Crippen LogP contribution in [0.3, 0.4) is 0 Å². The third-order valence-corrected chi connectivity index (χ3v) is 4.30. The van der Waals surface area contributed by atoms with Crippen molar-refractivity contribution in [2.24, 2.45) is 0 Å². The summed E-state index contributed by atoms with van der Waals surface area (Å²) in [7, 11) is 1.32. The zero-order valence-corrected chi connectivity index (χ0v) is 13.9. The number of benzene rings is 3. The van der Waals surface area contributed by atoms with Crippen molar-refractivity contribution >= 4 is 22.5 Å². The summed E-state index contributed by atoms with van der Waals surface area (Å²) in [5, 5.41) is 2.06. The number of rotatable bonds is 3. The number of ketones is 1. The Labute approximate surface area is 140 Å². The normalized spacial score (nSPS) is 10.6. The average Bonchev–Trinajstić information content (AvgIpc) is 2.61. The van der Waals surface area contributed by atoms with Crippen molar-refractivity contribution in [2.75, 3.05) is 7.11 Å². The smallest absolute Gasteiger partial charge is 0.338 e. The van der Waals surface area contributed by atoms with Crippen LogP contribution in [-0.2, 0) is 4.74 Å². The Morgan fingerprint density at radius 3 is 2.08 bits per heavy atom. The van der Waals surface area contributed by atoms with Crippen molar-refractivity contribution in [3.63, 3.8) is 0 Å². The number of methoxy groups -OCH3 is 1. The summed E-state index contributed by atoms with van der Waals surface area (Å²) in [4.78, 5) is 25.1. The zero-order chi connectivity index (χ0) is 17.3. The van der Waals surface area contributed by atoms with E-state index in [1.165, 1.54) is 7.11 Å². The first kappa shape index (κ1) is 15.9. The molecule has 0 saturated heterocycles. The number of aryl methyl sites for hydroxylation is 2. The van der Waals surface area contributed by atoms with Gasteiger partial charge in [0.05, 0.1) is 12.7 Å². The highest BCUT2D eigenvalue weighted by molar-refractivity contribution is 6.15. The molecule has 3 rings (SSSR count). The molecule has 0 heterocycles. The molecular weight excluding hydrogens is 300 g/mol. The van der Waals surface area contributed by atoms with E-state index in [0.717, 1.165) is 21.9 Å². The van der Waals surface area contributed by atoms with Crippen molar-refractivity contribution in [1.82, 2.24) is 0 Å². The van der Waals surface area contributed by atoms with Gasteiger partial charge in [0.1, 0.15) is 0 Å². The lowest BCUT2D eigenvalue weighted by Gasteiger charge is -2.11. The Morgan fingerprint density at radius 2 is 1.42 bits per heavy atom. The lowest BCUT2D eigenvalue weighted by molar-refractivity contribution is 0.0597. The first-order valence-corrected chi connectivity index (χ1v) is 7.74. The van der Waals surface area contributed by atoms with Crippen LogP contribution in [0.5, 0.6) is 0 Å². The maximum Gasteiger partial charge on any atom is 0.338 e. The predicted molar refractivity (Wildman–Crippen MR) is 94.6 cm³/mol. The van der Waals surface area contributed by atoms with Crippen LogP contribution in [0, 0.1) is 13.8 Å². The molecule has 120 valence electrons. The molecule has 3 nitrogen and oxygen atoms in total. The zero-order valence-electron chi connectivity index (χ0n) is 13.9. The van der Waals surface area contributed by atoms with E-state index in [2.05, 4.69) is 0 Å². The molecule has 0 fully saturated rings. The highest BCUT2D eigenvalue weighted by Gasteiger charge is 2.20. The van der Waals surface area contributed by atoms with Crippen molar-refractivity contribution < 1.29 is 14.3 Å². The largest absolute Gasteiger partial charge is 0.465 e. The Kier molecular flexibility index (Phi) is 4.17. The van der Waals surface area contributed by atoms with Gasteiger partial charge in [0, 0.05) is 11.1 Å². The summed E-state index contributed by atoms with van der Waals surface area (Å²) in [6, 6.07) is 16.9. The second kappa shape index (κ2) is 6.28. The van der Waals surface area contributed by atoms with Crippen LogP contribution in [0.4, 0.5) is 0 Å². The van der Waals surface area contributed by atoms with E-state index < -0.39 is 5.97 Å². The van der Waals surface area contributed by atoms with E-state index in [-0.39, 0.29) is 5.78 Å². The van der Waals surface area contributed by atoms with Crippen molar-refractivity contribution in [2.45, 2.75) is 13.8 Å². The summed E-state index contributed by atoms with van der Waals surface area (Å²) >= 11 is 0. The topological polar surface area (TPSA) is 43.4 Å². The Morgan fingerprint density at radius 1 is 0.792 bits per heavy atom. The van der Waals surface area contributed by atoms with Gasteiger partial charge in [-0.25, -0.2) is 4.79 Å². The molecule has 0 radical (unpaired) electrons. The van der Waals surface area contributed by atoms with E-state index in [0.29, 0.717) is 16.7 Å². The molecule has 3 aromatic rings. The summed E-state index contributed by atoms with van der Waals surface area (Å²) in [5.41, 5.74) is 3.15. The van der Waals surface area contributed by atoms with Gasteiger partial charge in [-0.15, -0.1) is 0 Å². The Bertz CT molecular complexity index is 954. The minimum atomic E-state index is -0.498. The number of carbonyl (C=O) groups excluding carboxylic acids is 2. The summed E-state index contributed by atoms with van der Waals surface area (Å²) < 4.78 is 4.84. The molecule has 0 atom stereocenters. The molecule has 0 bridgehead atoms. The highest BCUT2D eigenvalue weighted by atomic mass is 16.5. The van der Waals surface area contributed by atoms with Crippen LogP contribution in [0.15, 0.2) is 54.6 Å². The van der Waals surface area contributed by atoms with Crippen molar-refractivity contribution in [3.05, 3.63) is 82.4 Å². The summed E-state index contributed by atoms with van der Waals surface area (Å²) in [6.45, 7) is 3.83. The lowest BCUT2D eigenvalue weighted by Crippen LogP contribution is -2.12. The first-order chi connectivity index (χ1) is 11.5. The van der Waals surface area contributed by atoms with E-state index >= 15 is 0 Å². The molecular formula is C21H18O3. The van der Waals surface area contributed by atoms with Crippen molar-refractivity contribution in [1.29, 1.82) is 0 Å². The van der Waals surface area contributed by atoms with Gasteiger partial charge >= 0.3 is 5.97 Å². The molecule has 0 aromatic heterocycles. The molecule has 0 N–H and O–H groups in total. The third-order valence-electron chi connectivity index (χ3n) is 4.30. The van der Waals surface area contributed by atoms with Gasteiger partial charge in [-0.2, -0.15) is 0 Å². The maximum atomic E-state index is 13.0. The van der Waals surface area contributed by atoms with Gasteiger partial charge in [0.15, 0.2) is 5.78 Å². The van der Waals surface area contributed by atoms with Gasteiger partial charge in [0.2, 0.25) is 0 Å². The molecule has 0 aliphatic heterocycles. The van der Waals surface area contributed by atoms with Gasteiger partial charge in [-0.05, 0) is 53.9 Å². The fraction of sp³-hybridized carbons (Fsp3) is 0.143. The fourth-order valence-corrected chi connectivity index (χ4v) is 2.77. The van der Waals surface area contributed by atoms with E-state index in [1.807, 2.05) is 50.2 Å². The minimum Gasteiger partial charge on any atom is -0.465 e. The van der Waals surface area contributed by atoms with Crippen LogP contribution in [-0.4, -0.2) is 18.9 Å². The third kappa shape index (κ3) is 2.81. The number of fused-ring (bicyclic) bond motifs is 1. The van der Waals surface area contributed by atoms with Gasteiger partial charge in [-0.1, -0.05) is 36.4 Å². The standard InChI is InChI=1S/C21H18O3/c1-13-10-18(19(11-14(13)2)21(23)24-3)20(22)17-9-8-15-6-4-5-7-16(15)12-17/h4-12H,1-3H3. The van der Waals surface area contributed by atoms with Crippen LogP contribution in [0.2, 0.25) is 0 Å². The quantitative estimate of drug-likeness (QED) is 0.528. The molecule has 24 heavy (non-hydrogen) atoms. The lowest BCUT2D eigenvalue weighted by atomic mass is 9.93. The van der Waals surface area contributed by atoms with Crippen LogP contribution >= 0.6 is 0 Å². The molecule has 0 spiro atoms. The molecule has 3 heteroatoms. The fourth-order valence-electron chi connectivity index (χ4n) is 2.77. The van der Waals surface area contributed by atoms with Crippen LogP contribution in [0.25, 0.3) is 10.8 Å². The molecule has 3 aromatic carbocycles. The van der Waals surface area contributed by atoms with E-state index in [4.69, 9.17) is 4.74 Å². The molecule has 0 unspecified atom stereocenters. The summed E-state index contributed by atoms with van der Waals surface area (Å²) in [6.07, 6.45) is 0. The predicted octanol–water partition coefficient (Wildman–Crippen LogP) is 4.47. The highest BCUT2D eigenvalue weighted by Crippen LogP contribution is 2.23. The monoisotopic (exact) mass is 318 g/mol. The van der Waals surface area contributed by atoms with Crippen molar-refractivity contribution in [3.8, 4) is 0 Å². The second-order valence-corrected chi connectivity index (χ2v) is 5.86. The van der Waals surface area contributed by atoms with Crippen LogP contribution < -0.4 is 0 Å². The molecule has 0 amide bonds. The maximum absolute atomic E-state index is 13.0. The molecule has 0 aliphatic rings. The number of esters is 1. The minimum absolute atomic E-state index is 0.177. The number of hydrogen-bond acceptors (Lipinski definition) is 3.